The predicted molar refractivity (Wildman–Crippen MR) is 97.4 cm³/mol. The summed E-state index contributed by atoms with van der Waals surface area (Å²) >= 11 is 0. The Bertz CT molecular complexity index is 396. The zero-order valence-electron chi connectivity index (χ0n) is 15.7. The van der Waals surface area contributed by atoms with E-state index in [4.69, 9.17) is 0 Å². The van der Waals surface area contributed by atoms with Crippen molar-refractivity contribution in [1.29, 1.82) is 0 Å². The molecule has 1 fully saturated rings. The van der Waals surface area contributed by atoms with Crippen LogP contribution in [-0.2, 0) is 4.79 Å². The summed E-state index contributed by atoms with van der Waals surface area (Å²) in [5.41, 5.74) is 0. The van der Waals surface area contributed by atoms with Crippen molar-refractivity contribution >= 4 is 5.91 Å². The van der Waals surface area contributed by atoms with Gasteiger partial charge in [0.15, 0.2) is 0 Å². The maximum absolute atomic E-state index is 11.9. The molecule has 0 aromatic carbocycles. The number of aliphatic hydroxyl groups excluding tert-OH is 5. The Hall–Kier alpha value is -0.770. The molecule has 0 spiro atoms. The highest BCUT2D eigenvalue weighted by molar-refractivity contribution is 5.75. The highest BCUT2D eigenvalue weighted by Crippen LogP contribution is 2.15. The van der Waals surface area contributed by atoms with Crippen molar-refractivity contribution in [1.82, 2.24) is 10.6 Å². The number of piperidine rings is 1. The SMILES string of the molecule is CCCCCCCC(O)CCC(=O)NC[C@H]1N[C@H](CO)[C@@H](O)[C@H](O)[C@H]1O. The molecule has 26 heavy (non-hydrogen) atoms. The van der Waals surface area contributed by atoms with Crippen LogP contribution in [0.5, 0.6) is 0 Å². The fraction of sp³-hybridized carbons (Fsp3) is 0.944. The number of rotatable bonds is 12. The molecule has 8 nitrogen and oxygen atoms in total. The molecule has 0 aliphatic carbocycles. The number of unbranched alkanes of at least 4 members (excludes halogenated alkanes) is 4. The van der Waals surface area contributed by atoms with Crippen molar-refractivity contribution < 1.29 is 30.3 Å². The van der Waals surface area contributed by atoms with Crippen molar-refractivity contribution in [2.75, 3.05) is 13.2 Å². The van der Waals surface area contributed by atoms with Gasteiger partial charge in [0.05, 0.1) is 37.0 Å². The monoisotopic (exact) mass is 376 g/mol. The van der Waals surface area contributed by atoms with Crippen LogP contribution in [0.25, 0.3) is 0 Å². The van der Waals surface area contributed by atoms with E-state index < -0.39 is 36.5 Å². The topological polar surface area (TPSA) is 142 Å². The van der Waals surface area contributed by atoms with Gasteiger partial charge in [-0.25, -0.2) is 0 Å². The van der Waals surface area contributed by atoms with E-state index in [1.165, 1.54) is 19.3 Å². The van der Waals surface area contributed by atoms with Gasteiger partial charge in [-0.3, -0.25) is 4.79 Å². The van der Waals surface area contributed by atoms with Crippen molar-refractivity contribution in [2.24, 2.45) is 0 Å². The lowest BCUT2D eigenvalue weighted by Crippen LogP contribution is -2.68. The van der Waals surface area contributed by atoms with E-state index in [0.717, 1.165) is 12.8 Å². The molecule has 0 aromatic rings. The maximum Gasteiger partial charge on any atom is 0.220 e. The number of aliphatic hydroxyl groups is 5. The molecule has 0 saturated carbocycles. The molecule has 0 aromatic heterocycles. The summed E-state index contributed by atoms with van der Waals surface area (Å²) in [5.74, 6) is -0.245. The average molecular weight is 376 g/mol. The number of hydrogen-bond donors (Lipinski definition) is 7. The van der Waals surface area contributed by atoms with Crippen LogP contribution in [0.1, 0.15) is 58.3 Å². The third-order valence-corrected chi connectivity index (χ3v) is 5.01. The highest BCUT2D eigenvalue weighted by Gasteiger charge is 2.41. The minimum Gasteiger partial charge on any atom is -0.395 e. The zero-order valence-corrected chi connectivity index (χ0v) is 15.7. The summed E-state index contributed by atoms with van der Waals surface area (Å²) in [5, 5.41) is 54.1. The van der Waals surface area contributed by atoms with Crippen molar-refractivity contribution in [3.63, 3.8) is 0 Å². The molecule has 1 rings (SSSR count). The van der Waals surface area contributed by atoms with Crippen LogP contribution < -0.4 is 10.6 Å². The lowest BCUT2D eigenvalue weighted by atomic mass is 9.90. The Morgan fingerprint density at radius 1 is 1.00 bits per heavy atom. The van der Waals surface area contributed by atoms with Gasteiger partial charge in [-0.1, -0.05) is 39.0 Å². The van der Waals surface area contributed by atoms with E-state index in [9.17, 15) is 30.3 Å². The Morgan fingerprint density at radius 2 is 1.65 bits per heavy atom. The van der Waals surface area contributed by atoms with Crippen LogP contribution in [0.4, 0.5) is 0 Å². The van der Waals surface area contributed by atoms with Gasteiger partial charge in [0.2, 0.25) is 5.91 Å². The van der Waals surface area contributed by atoms with Gasteiger partial charge in [0, 0.05) is 13.0 Å². The van der Waals surface area contributed by atoms with Crippen LogP contribution in [0, 0.1) is 0 Å². The van der Waals surface area contributed by atoms with Gasteiger partial charge in [0.25, 0.3) is 0 Å². The van der Waals surface area contributed by atoms with E-state index >= 15 is 0 Å². The molecule has 0 bridgehead atoms. The molecule has 1 heterocycles. The lowest BCUT2D eigenvalue weighted by molar-refractivity contribution is -0.126. The number of carbonyl (C=O) groups is 1. The molecule has 7 N–H and O–H groups in total. The molecule has 1 unspecified atom stereocenters. The standard InChI is InChI=1S/C18H36N2O6/c1-2-3-4-5-6-7-12(22)8-9-15(23)19-10-13-16(24)18(26)17(25)14(11-21)20-13/h12-14,16-18,20-22,24-26H,2-11H2,1H3,(H,19,23)/t12?,13-,14-,16+,17-,18-/m1/s1. The number of amides is 1. The predicted octanol–water partition coefficient (Wildman–Crippen LogP) is -0.980. The van der Waals surface area contributed by atoms with E-state index in [2.05, 4.69) is 17.6 Å². The molecule has 1 aliphatic heterocycles. The molecule has 1 aliphatic rings. The largest absolute Gasteiger partial charge is 0.395 e. The van der Waals surface area contributed by atoms with Gasteiger partial charge in [-0.05, 0) is 12.8 Å². The van der Waals surface area contributed by atoms with Crippen LogP contribution >= 0.6 is 0 Å². The third kappa shape index (κ3) is 7.85. The Balaban J connectivity index is 2.22. The minimum atomic E-state index is -1.38. The van der Waals surface area contributed by atoms with Crippen molar-refractivity contribution in [3.8, 4) is 0 Å². The highest BCUT2D eigenvalue weighted by atomic mass is 16.4. The van der Waals surface area contributed by atoms with Gasteiger partial charge < -0.3 is 36.2 Å². The van der Waals surface area contributed by atoms with E-state index in [0.29, 0.717) is 12.8 Å². The summed E-state index contributed by atoms with van der Waals surface area (Å²) in [4.78, 5) is 11.9. The third-order valence-electron chi connectivity index (χ3n) is 5.01. The molecule has 0 radical (unpaired) electrons. The van der Waals surface area contributed by atoms with Crippen LogP contribution in [0.3, 0.4) is 0 Å². The number of nitrogens with one attached hydrogen (secondary N) is 2. The normalized spacial score (nSPS) is 30.2. The Labute approximate surface area is 155 Å². The zero-order chi connectivity index (χ0) is 19.5. The maximum atomic E-state index is 11.9. The fourth-order valence-electron chi connectivity index (χ4n) is 3.23. The van der Waals surface area contributed by atoms with E-state index in [1.54, 1.807) is 0 Å². The van der Waals surface area contributed by atoms with Crippen LogP contribution in [0.15, 0.2) is 0 Å². The summed E-state index contributed by atoms with van der Waals surface area (Å²) in [6, 6.07) is -1.43. The molecule has 154 valence electrons. The second kappa shape index (κ2) is 12.6. The summed E-state index contributed by atoms with van der Waals surface area (Å²) in [7, 11) is 0. The molecule has 1 amide bonds. The van der Waals surface area contributed by atoms with E-state index in [1.807, 2.05) is 0 Å². The van der Waals surface area contributed by atoms with Crippen LogP contribution in [-0.4, -0.2) is 81.1 Å². The first-order valence-corrected chi connectivity index (χ1v) is 9.76. The van der Waals surface area contributed by atoms with Crippen molar-refractivity contribution in [2.45, 2.75) is 94.8 Å². The minimum absolute atomic E-state index is 0.0629. The first-order chi connectivity index (χ1) is 12.4. The smallest absolute Gasteiger partial charge is 0.220 e. The average Bonchev–Trinajstić information content (AvgIpc) is 2.63. The lowest BCUT2D eigenvalue weighted by Gasteiger charge is -2.41. The molecule has 8 heteroatoms. The van der Waals surface area contributed by atoms with Crippen LogP contribution in [0.2, 0.25) is 0 Å². The fourth-order valence-corrected chi connectivity index (χ4v) is 3.23. The first-order valence-electron chi connectivity index (χ1n) is 9.76. The van der Waals surface area contributed by atoms with Gasteiger partial charge in [0.1, 0.15) is 6.10 Å². The molecular weight excluding hydrogens is 340 g/mol. The van der Waals surface area contributed by atoms with Gasteiger partial charge >= 0.3 is 0 Å². The Kier molecular flexibility index (Phi) is 11.3. The van der Waals surface area contributed by atoms with E-state index in [-0.39, 0.29) is 25.5 Å². The molecule has 6 atom stereocenters. The van der Waals surface area contributed by atoms with Gasteiger partial charge in [-0.15, -0.1) is 0 Å². The second-order valence-corrected chi connectivity index (χ2v) is 7.23. The first kappa shape index (κ1) is 23.3. The quantitative estimate of drug-likeness (QED) is 0.217. The summed E-state index contributed by atoms with van der Waals surface area (Å²) < 4.78 is 0. The summed E-state index contributed by atoms with van der Waals surface area (Å²) in [6.07, 6.45) is 2.51. The summed E-state index contributed by atoms with van der Waals surface area (Å²) in [6.45, 7) is 1.83. The number of carbonyl (C=O) groups excluding carboxylic acids is 1. The second-order valence-electron chi connectivity index (χ2n) is 7.23. The molecular formula is C18H36N2O6. The van der Waals surface area contributed by atoms with Gasteiger partial charge in [-0.2, -0.15) is 0 Å². The molecule has 1 saturated heterocycles. The van der Waals surface area contributed by atoms with Crippen molar-refractivity contribution in [3.05, 3.63) is 0 Å². The Morgan fingerprint density at radius 3 is 2.31 bits per heavy atom. The number of hydrogen-bond acceptors (Lipinski definition) is 7.